The Balaban J connectivity index is 2.06. The zero-order valence-corrected chi connectivity index (χ0v) is 11.2. The van der Waals surface area contributed by atoms with Gasteiger partial charge in [0.25, 0.3) is 0 Å². The number of hydrogen-bond acceptors (Lipinski definition) is 3. The van der Waals surface area contributed by atoms with Gasteiger partial charge in [0.1, 0.15) is 25.2 Å². The van der Waals surface area contributed by atoms with Crippen molar-refractivity contribution in [2.75, 3.05) is 13.7 Å². The van der Waals surface area contributed by atoms with E-state index in [0.29, 0.717) is 6.61 Å². The molecule has 2 aromatic rings. The maximum Gasteiger partial charge on any atom is 0.134 e. The third-order valence-electron chi connectivity index (χ3n) is 2.71. The normalized spacial score (nSPS) is 11.2. The Labute approximate surface area is 113 Å². The van der Waals surface area contributed by atoms with Crippen LogP contribution in [0.5, 0.6) is 5.75 Å². The van der Waals surface area contributed by atoms with Crippen molar-refractivity contribution in [3.8, 4) is 5.75 Å². The van der Waals surface area contributed by atoms with Crippen molar-refractivity contribution in [1.29, 1.82) is 0 Å². The molecular formula is C16H17NO2. The molecule has 0 unspecified atom stereocenters. The Hall–Kier alpha value is -2.29. The second kappa shape index (κ2) is 6.59. The summed E-state index contributed by atoms with van der Waals surface area (Å²) in [4.78, 5) is 4.87. The number of benzene rings is 2. The number of ether oxygens (including phenoxy) is 1. The molecule has 0 bridgehead atoms. The fourth-order valence-electron chi connectivity index (χ4n) is 1.69. The Kier molecular flexibility index (Phi) is 4.56. The summed E-state index contributed by atoms with van der Waals surface area (Å²) in [6.45, 7) is 2.42. The molecule has 2 aromatic carbocycles. The van der Waals surface area contributed by atoms with E-state index >= 15 is 0 Å². The lowest BCUT2D eigenvalue weighted by molar-refractivity contribution is 0.210. The van der Waals surface area contributed by atoms with Gasteiger partial charge in [0.15, 0.2) is 0 Å². The molecule has 0 saturated carbocycles. The van der Waals surface area contributed by atoms with Gasteiger partial charge < -0.3 is 9.57 Å². The summed E-state index contributed by atoms with van der Waals surface area (Å²) in [6.07, 6.45) is 0. The van der Waals surface area contributed by atoms with Crippen LogP contribution in [0.1, 0.15) is 11.1 Å². The molecule has 19 heavy (non-hydrogen) atoms. The number of hydrogen-bond donors (Lipinski definition) is 0. The molecule has 0 fully saturated rings. The molecule has 0 radical (unpaired) electrons. The van der Waals surface area contributed by atoms with Crippen LogP contribution >= 0.6 is 0 Å². The van der Waals surface area contributed by atoms with Gasteiger partial charge in [-0.2, -0.15) is 0 Å². The molecule has 2 rings (SSSR count). The minimum Gasteiger partial charge on any atom is -0.487 e. The second-order valence-corrected chi connectivity index (χ2v) is 4.19. The van der Waals surface area contributed by atoms with E-state index in [0.717, 1.165) is 17.0 Å². The predicted molar refractivity (Wildman–Crippen MR) is 76.7 cm³/mol. The first-order chi connectivity index (χ1) is 9.29. The van der Waals surface area contributed by atoms with Crippen LogP contribution in [-0.2, 0) is 4.84 Å². The SMILES string of the molecule is CON=C(COc1ccc(C)cc1)c1ccccc1. The van der Waals surface area contributed by atoms with Crippen LogP contribution in [0, 0.1) is 6.92 Å². The van der Waals surface area contributed by atoms with Gasteiger partial charge in [0.05, 0.1) is 0 Å². The van der Waals surface area contributed by atoms with E-state index < -0.39 is 0 Å². The quantitative estimate of drug-likeness (QED) is 0.605. The molecule has 0 heterocycles. The minimum absolute atomic E-state index is 0.376. The van der Waals surface area contributed by atoms with E-state index in [2.05, 4.69) is 5.16 Å². The topological polar surface area (TPSA) is 30.8 Å². The molecule has 3 nitrogen and oxygen atoms in total. The van der Waals surface area contributed by atoms with Crippen LogP contribution in [0.3, 0.4) is 0 Å². The Morgan fingerprint density at radius 3 is 2.32 bits per heavy atom. The first kappa shape index (κ1) is 13.1. The summed E-state index contributed by atoms with van der Waals surface area (Å²) in [5.41, 5.74) is 2.97. The fraction of sp³-hybridized carbons (Fsp3) is 0.188. The lowest BCUT2D eigenvalue weighted by Crippen LogP contribution is -2.13. The van der Waals surface area contributed by atoms with Crippen molar-refractivity contribution < 1.29 is 9.57 Å². The minimum atomic E-state index is 0.376. The van der Waals surface area contributed by atoms with Crippen molar-refractivity contribution in [2.24, 2.45) is 5.16 Å². The smallest absolute Gasteiger partial charge is 0.134 e. The second-order valence-electron chi connectivity index (χ2n) is 4.19. The molecule has 0 saturated heterocycles. The maximum absolute atomic E-state index is 5.72. The van der Waals surface area contributed by atoms with E-state index in [-0.39, 0.29) is 0 Å². The van der Waals surface area contributed by atoms with Gasteiger partial charge in [0.2, 0.25) is 0 Å². The molecule has 3 heteroatoms. The van der Waals surface area contributed by atoms with Gasteiger partial charge >= 0.3 is 0 Å². The highest BCUT2D eigenvalue weighted by atomic mass is 16.6. The monoisotopic (exact) mass is 255 g/mol. The third kappa shape index (κ3) is 3.85. The first-order valence-corrected chi connectivity index (χ1v) is 6.14. The van der Waals surface area contributed by atoms with Gasteiger partial charge in [-0.1, -0.05) is 53.2 Å². The summed E-state index contributed by atoms with van der Waals surface area (Å²) in [5.74, 6) is 0.824. The molecule has 0 aliphatic carbocycles. The van der Waals surface area contributed by atoms with Crippen molar-refractivity contribution in [1.82, 2.24) is 0 Å². The average molecular weight is 255 g/mol. The number of rotatable bonds is 5. The van der Waals surface area contributed by atoms with Gasteiger partial charge in [-0.3, -0.25) is 0 Å². The average Bonchev–Trinajstić information content (AvgIpc) is 2.46. The Morgan fingerprint density at radius 1 is 1.00 bits per heavy atom. The van der Waals surface area contributed by atoms with Crippen LogP contribution in [0.4, 0.5) is 0 Å². The van der Waals surface area contributed by atoms with Crippen LogP contribution in [-0.4, -0.2) is 19.4 Å². The first-order valence-electron chi connectivity index (χ1n) is 6.14. The van der Waals surface area contributed by atoms with Gasteiger partial charge in [0, 0.05) is 5.56 Å². The van der Waals surface area contributed by atoms with Crippen molar-refractivity contribution >= 4 is 5.71 Å². The molecule has 0 aromatic heterocycles. The van der Waals surface area contributed by atoms with Crippen molar-refractivity contribution in [3.63, 3.8) is 0 Å². The largest absolute Gasteiger partial charge is 0.487 e. The molecule has 0 amide bonds. The van der Waals surface area contributed by atoms with Crippen molar-refractivity contribution in [2.45, 2.75) is 6.92 Å². The number of aryl methyl sites for hydroxylation is 1. The van der Waals surface area contributed by atoms with Crippen LogP contribution in [0.25, 0.3) is 0 Å². The van der Waals surface area contributed by atoms with E-state index in [1.54, 1.807) is 0 Å². The summed E-state index contributed by atoms with van der Waals surface area (Å²) in [5, 5.41) is 4.02. The van der Waals surface area contributed by atoms with Crippen LogP contribution in [0.15, 0.2) is 59.8 Å². The molecule has 0 aliphatic rings. The van der Waals surface area contributed by atoms with Gasteiger partial charge in [-0.25, -0.2) is 0 Å². The van der Waals surface area contributed by atoms with Crippen LogP contribution in [0.2, 0.25) is 0 Å². The summed E-state index contributed by atoms with van der Waals surface area (Å²) >= 11 is 0. The highest BCUT2D eigenvalue weighted by Gasteiger charge is 2.05. The molecular weight excluding hydrogens is 238 g/mol. The highest BCUT2D eigenvalue weighted by molar-refractivity contribution is 6.01. The zero-order valence-electron chi connectivity index (χ0n) is 11.2. The maximum atomic E-state index is 5.72. The van der Waals surface area contributed by atoms with Gasteiger partial charge in [-0.15, -0.1) is 0 Å². The lowest BCUT2D eigenvalue weighted by Gasteiger charge is -2.08. The summed E-state index contributed by atoms with van der Waals surface area (Å²) < 4.78 is 5.72. The molecule has 0 N–H and O–H groups in total. The molecule has 0 spiro atoms. The molecule has 98 valence electrons. The standard InChI is InChI=1S/C16H17NO2/c1-13-8-10-15(11-9-13)19-12-16(17-18-2)14-6-4-3-5-7-14/h3-11H,12H2,1-2H3. The Bertz CT molecular complexity index is 532. The van der Waals surface area contributed by atoms with E-state index in [1.165, 1.54) is 12.7 Å². The van der Waals surface area contributed by atoms with Crippen LogP contribution < -0.4 is 4.74 Å². The zero-order chi connectivity index (χ0) is 13.5. The Morgan fingerprint density at radius 2 is 1.68 bits per heavy atom. The van der Waals surface area contributed by atoms with E-state index in [1.807, 2.05) is 61.5 Å². The fourth-order valence-corrected chi connectivity index (χ4v) is 1.69. The molecule has 0 aliphatic heterocycles. The summed E-state index contributed by atoms with van der Waals surface area (Å²) in [7, 11) is 1.54. The number of nitrogens with zero attached hydrogens (tertiary/aromatic N) is 1. The van der Waals surface area contributed by atoms with E-state index in [9.17, 15) is 0 Å². The van der Waals surface area contributed by atoms with Crippen molar-refractivity contribution in [3.05, 3.63) is 65.7 Å². The van der Waals surface area contributed by atoms with Gasteiger partial charge in [-0.05, 0) is 19.1 Å². The summed E-state index contributed by atoms with van der Waals surface area (Å²) in [6, 6.07) is 17.8. The molecule has 0 atom stereocenters. The highest BCUT2D eigenvalue weighted by Crippen LogP contribution is 2.12. The lowest BCUT2D eigenvalue weighted by atomic mass is 10.1. The number of oxime groups is 1. The van der Waals surface area contributed by atoms with E-state index in [4.69, 9.17) is 9.57 Å². The third-order valence-corrected chi connectivity index (χ3v) is 2.71. The predicted octanol–water partition coefficient (Wildman–Crippen LogP) is 3.42.